The molecule has 0 radical (unpaired) electrons. The van der Waals surface area contributed by atoms with E-state index in [1.807, 2.05) is 36.4 Å². The first-order valence-corrected chi connectivity index (χ1v) is 9.69. The van der Waals surface area contributed by atoms with Gasteiger partial charge in [-0.1, -0.05) is 6.07 Å². The van der Waals surface area contributed by atoms with Crippen molar-refractivity contribution in [2.75, 3.05) is 31.9 Å². The number of fused-ring (bicyclic) bond motifs is 1. The van der Waals surface area contributed by atoms with Crippen molar-refractivity contribution < 1.29 is 14.3 Å². The normalized spacial score (nSPS) is 10.5. The van der Waals surface area contributed by atoms with Crippen LogP contribution in [-0.4, -0.2) is 37.1 Å². The fourth-order valence-electron chi connectivity index (χ4n) is 3.29. The maximum Gasteiger partial charge on any atom is 0.255 e. The van der Waals surface area contributed by atoms with Crippen LogP contribution in [0.3, 0.4) is 0 Å². The fourth-order valence-corrected chi connectivity index (χ4v) is 3.29. The molecule has 4 rings (SSSR count). The molecule has 0 aliphatic rings. The molecule has 0 atom stereocenters. The molecule has 7 heteroatoms. The Balaban J connectivity index is 1.79. The van der Waals surface area contributed by atoms with Crippen molar-refractivity contribution in [1.29, 1.82) is 0 Å². The molecule has 0 spiro atoms. The number of nitrogens with zero attached hydrogens (tertiary/aromatic N) is 2. The number of rotatable bonds is 6. The zero-order chi connectivity index (χ0) is 21.8. The molecule has 7 nitrogen and oxygen atoms in total. The molecule has 4 aromatic rings. The van der Waals surface area contributed by atoms with Crippen molar-refractivity contribution in [3.63, 3.8) is 0 Å². The number of carbonyl (C=O) groups is 1. The summed E-state index contributed by atoms with van der Waals surface area (Å²) in [5.41, 5.74) is 2.80. The molecule has 0 aliphatic heterocycles. The first-order chi connectivity index (χ1) is 15.1. The topological polar surface area (TPSA) is 85.4 Å². The first-order valence-electron chi connectivity index (χ1n) is 9.69. The van der Waals surface area contributed by atoms with E-state index in [4.69, 9.17) is 9.47 Å². The van der Waals surface area contributed by atoms with Crippen LogP contribution in [0.2, 0.25) is 0 Å². The van der Waals surface area contributed by atoms with Crippen molar-refractivity contribution in [2.45, 2.75) is 0 Å². The van der Waals surface area contributed by atoms with E-state index in [0.29, 0.717) is 28.7 Å². The summed E-state index contributed by atoms with van der Waals surface area (Å²) in [6, 6.07) is 18.5. The predicted molar refractivity (Wildman–Crippen MR) is 122 cm³/mol. The van der Waals surface area contributed by atoms with E-state index in [-0.39, 0.29) is 5.91 Å². The van der Waals surface area contributed by atoms with Crippen molar-refractivity contribution in [2.24, 2.45) is 0 Å². The maximum atomic E-state index is 12.9. The lowest BCUT2D eigenvalue weighted by Gasteiger charge is -2.13. The van der Waals surface area contributed by atoms with Gasteiger partial charge in [-0.3, -0.25) is 4.79 Å². The van der Waals surface area contributed by atoms with Gasteiger partial charge in [-0.05, 0) is 60.0 Å². The van der Waals surface area contributed by atoms with Gasteiger partial charge in [0, 0.05) is 35.4 Å². The zero-order valence-corrected chi connectivity index (χ0v) is 17.5. The zero-order valence-electron chi connectivity index (χ0n) is 17.5. The molecule has 3 aromatic carbocycles. The monoisotopic (exact) mass is 414 g/mol. The Kier molecular flexibility index (Phi) is 5.66. The van der Waals surface area contributed by atoms with E-state index in [9.17, 15) is 4.79 Å². The summed E-state index contributed by atoms with van der Waals surface area (Å²) in [5.74, 6) is 1.70. The molecule has 0 saturated heterocycles. The van der Waals surface area contributed by atoms with Gasteiger partial charge in [0.1, 0.15) is 11.5 Å². The number of benzene rings is 3. The average molecular weight is 414 g/mol. The molecule has 1 heterocycles. The third-order valence-electron chi connectivity index (χ3n) is 4.94. The summed E-state index contributed by atoms with van der Waals surface area (Å²) in [7, 11) is 4.98. The highest BCUT2D eigenvalue weighted by molar-refractivity contribution is 6.10. The Labute approximate surface area is 180 Å². The van der Waals surface area contributed by atoms with Crippen LogP contribution in [0.15, 0.2) is 66.9 Å². The molecule has 1 amide bonds. The highest BCUT2D eigenvalue weighted by Gasteiger charge is 2.13. The number of anilines is 2. The van der Waals surface area contributed by atoms with Gasteiger partial charge in [0.05, 0.1) is 19.9 Å². The molecule has 0 fully saturated rings. The SMILES string of the molecule is CNc1nccc(-c2cc(NC(=O)c3ccc(OC)cc3)c3cc(OC)ccc3c2)n1. The van der Waals surface area contributed by atoms with Gasteiger partial charge in [-0.2, -0.15) is 0 Å². The largest absolute Gasteiger partial charge is 0.497 e. The Morgan fingerprint density at radius 3 is 2.35 bits per heavy atom. The smallest absolute Gasteiger partial charge is 0.255 e. The minimum atomic E-state index is -0.220. The van der Waals surface area contributed by atoms with Gasteiger partial charge in [-0.15, -0.1) is 0 Å². The highest BCUT2D eigenvalue weighted by Crippen LogP contribution is 2.33. The molecule has 31 heavy (non-hydrogen) atoms. The van der Waals surface area contributed by atoms with Crippen LogP contribution in [0.5, 0.6) is 11.5 Å². The summed E-state index contributed by atoms with van der Waals surface area (Å²) in [6.45, 7) is 0. The number of aromatic nitrogens is 2. The number of hydrogen-bond donors (Lipinski definition) is 2. The van der Waals surface area contributed by atoms with E-state index in [2.05, 4.69) is 20.6 Å². The van der Waals surface area contributed by atoms with Gasteiger partial charge in [0.2, 0.25) is 5.95 Å². The number of hydrogen-bond acceptors (Lipinski definition) is 6. The first kappa shape index (κ1) is 20.2. The third kappa shape index (κ3) is 4.25. The Bertz CT molecular complexity index is 1240. The Morgan fingerprint density at radius 2 is 1.65 bits per heavy atom. The summed E-state index contributed by atoms with van der Waals surface area (Å²) < 4.78 is 10.6. The van der Waals surface area contributed by atoms with Crippen LogP contribution < -0.4 is 20.1 Å². The predicted octanol–water partition coefficient (Wildman–Crippen LogP) is 4.61. The number of amides is 1. The summed E-state index contributed by atoms with van der Waals surface area (Å²) in [6.07, 6.45) is 1.70. The number of nitrogens with one attached hydrogen (secondary N) is 2. The minimum absolute atomic E-state index is 0.220. The van der Waals surface area contributed by atoms with Gasteiger partial charge < -0.3 is 20.1 Å². The average Bonchev–Trinajstić information content (AvgIpc) is 2.83. The molecule has 156 valence electrons. The van der Waals surface area contributed by atoms with E-state index >= 15 is 0 Å². The lowest BCUT2D eigenvalue weighted by atomic mass is 10.0. The molecule has 0 aliphatic carbocycles. The number of ether oxygens (including phenoxy) is 2. The highest BCUT2D eigenvalue weighted by atomic mass is 16.5. The van der Waals surface area contributed by atoms with Crippen LogP contribution >= 0.6 is 0 Å². The summed E-state index contributed by atoms with van der Waals surface area (Å²) in [4.78, 5) is 21.6. The number of carbonyl (C=O) groups excluding carboxylic acids is 1. The second-order valence-electron chi connectivity index (χ2n) is 6.81. The fraction of sp³-hybridized carbons (Fsp3) is 0.125. The summed E-state index contributed by atoms with van der Waals surface area (Å²) in [5, 5.41) is 7.80. The quantitative estimate of drug-likeness (QED) is 0.479. The van der Waals surface area contributed by atoms with E-state index in [1.165, 1.54) is 0 Å². The van der Waals surface area contributed by atoms with Crippen molar-refractivity contribution >= 4 is 28.3 Å². The Morgan fingerprint density at radius 1 is 0.903 bits per heavy atom. The maximum absolute atomic E-state index is 12.9. The van der Waals surface area contributed by atoms with Gasteiger partial charge >= 0.3 is 0 Å². The molecular formula is C24H22N4O3. The van der Waals surface area contributed by atoms with Crippen LogP contribution in [0, 0.1) is 0 Å². The minimum Gasteiger partial charge on any atom is -0.497 e. The molecule has 0 bridgehead atoms. The van der Waals surface area contributed by atoms with Gasteiger partial charge in [0.15, 0.2) is 0 Å². The van der Waals surface area contributed by atoms with Crippen LogP contribution in [0.25, 0.3) is 22.0 Å². The van der Waals surface area contributed by atoms with Crippen LogP contribution in [0.4, 0.5) is 11.6 Å². The van der Waals surface area contributed by atoms with Crippen LogP contribution in [0.1, 0.15) is 10.4 Å². The van der Waals surface area contributed by atoms with Crippen molar-refractivity contribution in [3.05, 3.63) is 72.4 Å². The second kappa shape index (κ2) is 8.71. The van der Waals surface area contributed by atoms with Crippen LogP contribution in [-0.2, 0) is 0 Å². The van der Waals surface area contributed by atoms with E-state index in [1.54, 1.807) is 51.7 Å². The molecule has 0 saturated carbocycles. The molecule has 0 unspecified atom stereocenters. The standard InChI is InChI=1S/C24H22N4O3/c1-25-24-26-11-10-21(28-24)17-12-16-6-9-19(31-3)14-20(16)22(13-17)27-23(29)15-4-7-18(30-2)8-5-15/h4-14H,1-3H3,(H,27,29)(H,25,26,28). The van der Waals surface area contributed by atoms with Crippen molar-refractivity contribution in [3.8, 4) is 22.8 Å². The molecule has 1 aromatic heterocycles. The summed E-state index contributed by atoms with van der Waals surface area (Å²) >= 11 is 0. The second-order valence-corrected chi connectivity index (χ2v) is 6.81. The van der Waals surface area contributed by atoms with E-state index < -0.39 is 0 Å². The number of methoxy groups -OCH3 is 2. The van der Waals surface area contributed by atoms with Gasteiger partial charge in [-0.25, -0.2) is 9.97 Å². The molecular weight excluding hydrogens is 392 g/mol. The lowest BCUT2D eigenvalue weighted by molar-refractivity contribution is 0.102. The van der Waals surface area contributed by atoms with E-state index in [0.717, 1.165) is 22.0 Å². The lowest BCUT2D eigenvalue weighted by Crippen LogP contribution is -2.12. The third-order valence-corrected chi connectivity index (χ3v) is 4.94. The van der Waals surface area contributed by atoms with Crippen molar-refractivity contribution in [1.82, 2.24) is 9.97 Å². The van der Waals surface area contributed by atoms with Gasteiger partial charge in [0.25, 0.3) is 5.91 Å². The Hall–Kier alpha value is -4.13. The molecule has 2 N–H and O–H groups in total.